The lowest BCUT2D eigenvalue weighted by atomic mass is 9.81. The molecule has 2 fully saturated rings. The zero-order chi connectivity index (χ0) is 19.3. The van der Waals surface area contributed by atoms with E-state index in [-0.39, 0.29) is 5.69 Å². The molecule has 3 heterocycles. The summed E-state index contributed by atoms with van der Waals surface area (Å²) in [7, 11) is 1.23. The number of benzene rings is 1. The molecule has 2 aromatic rings. The number of hydrogen-bond acceptors (Lipinski definition) is 6. The van der Waals surface area contributed by atoms with E-state index in [2.05, 4.69) is 5.32 Å². The minimum absolute atomic E-state index is 0.256. The van der Waals surface area contributed by atoms with Gasteiger partial charge in [0.25, 0.3) is 0 Å². The monoisotopic (exact) mass is 372 g/mol. The number of anilines is 1. The number of hydrogen-bond donors (Lipinski definition) is 1. The number of nitrogens with zero attached hydrogens (tertiary/aromatic N) is 1. The van der Waals surface area contributed by atoms with Crippen molar-refractivity contribution in [3.63, 3.8) is 0 Å². The van der Waals surface area contributed by atoms with Crippen molar-refractivity contribution in [2.24, 2.45) is 11.8 Å². The average Bonchev–Trinajstić information content (AvgIpc) is 3.34. The number of furan rings is 1. The summed E-state index contributed by atoms with van der Waals surface area (Å²) in [6.07, 6.45) is 1.46. The number of methoxy groups -OCH3 is 1. The lowest BCUT2D eigenvalue weighted by Gasteiger charge is -2.28. The highest BCUT2D eigenvalue weighted by molar-refractivity contribution is 6.24. The first-order valence-corrected chi connectivity index (χ1v) is 8.41. The number of halogens is 1. The molecule has 27 heavy (non-hydrogen) atoms. The van der Waals surface area contributed by atoms with Crippen LogP contribution in [-0.2, 0) is 19.1 Å². The molecule has 1 aromatic heterocycles. The summed E-state index contributed by atoms with van der Waals surface area (Å²) in [4.78, 5) is 39.8. The van der Waals surface area contributed by atoms with Gasteiger partial charge in [-0.3, -0.25) is 19.7 Å². The van der Waals surface area contributed by atoms with Crippen LogP contribution in [-0.4, -0.2) is 30.4 Å². The van der Waals surface area contributed by atoms with Crippen LogP contribution in [0.3, 0.4) is 0 Å². The molecule has 2 saturated heterocycles. The third kappa shape index (κ3) is 2.40. The van der Waals surface area contributed by atoms with Crippen LogP contribution >= 0.6 is 0 Å². The summed E-state index contributed by atoms with van der Waals surface area (Å²) in [6.45, 7) is 1.54. The van der Waals surface area contributed by atoms with E-state index in [1.807, 2.05) is 0 Å². The van der Waals surface area contributed by atoms with Crippen LogP contribution in [0.4, 0.5) is 10.1 Å². The van der Waals surface area contributed by atoms with Gasteiger partial charge in [0.1, 0.15) is 17.1 Å². The van der Waals surface area contributed by atoms with Crippen molar-refractivity contribution >= 4 is 23.5 Å². The van der Waals surface area contributed by atoms with Crippen molar-refractivity contribution in [3.8, 4) is 0 Å². The van der Waals surface area contributed by atoms with Crippen LogP contribution in [0.5, 0.6) is 0 Å². The topological polar surface area (TPSA) is 88.8 Å². The summed E-state index contributed by atoms with van der Waals surface area (Å²) in [5.41, 5.74) is -1.15. The predicted octanol–water partition coefficient (Wildman–Crippen LogP) is 1.80. The molecule has 2 aliphatic rings. The van der Waals surface area contributed by atoms with Crippen molar-refractivity contribution in [2.75, 3.05) is 12.0 Å². The van der Waals surface area contributed by atoms with E-state index < -0.39 is 47.0 Å². The second kappa shape index (κ2) is 6.02. The van der Waals surface area contributed by atoms with Crippen molar-refractivity contribution in [2.45, 2.75) is 18.5 Å². The molecule has 0 unspecified atom stereocenters. The van der Waals surface area contributed by atoms with E-state index in [0.29, 0.717) is 5.76 Å². The SMILES string of the molecule is COC(=O)[C@]1(C)N[C@@H](c2ccco2)[C@H]2C(=O)N(c3ccc(F)cc3)C(=O)[C@H]21. The van der Waals surface area contributed by atoms with Gasteiger partial charge < -0.3 is 9.15 Å². The summed E-state index contributed by atoms with van der Waals surface area (Å²) >= 11 is 0. The van der Waals surface area contributed by atoms with Gasteiger partial charge in [-0.05, 0) is 43.3 Å². The molecule has 7 nitrogen and oxygen atoms in total. The van der Waals surface area contributed by atoms with E-state index in [1.54, 1.807) is 19.1 Å². The molecular formula is C19H17FN2O5. The normalized spacial score (nSPS) is 29.9. The van der Waals surface area contributed by atoms with E-state index >= 15 is 0 Å². The van der Waals surface area contributed by atoms with Gasteiger partial charge in [0.15, 0.2) is 0 Å². The number of rotatable bonds is 3. The highest BCUT2D eigenvalue weighted by Crippen LogP contribution is 2.49. The van der Waals surface area contributed by atoms with Crippen LogP contribution in [0.2, 0.25) is 0 Å². The molecule has 4 rings (SSSR count). The summed E-state index contributed by atoms with van der Waals surface area (Å²) < 4.78 is 23.6. The number of carbonyl (C=O) groups excluding carboxylic acids is 3. The molecule has 2 amide bonds. The molecule has 0 spiro atoms. The molecule has 0 saturated carbocycles. The lowest BCUT2D eigenvalue weighted by molar-refractivity contribution is -0.151. The number of carbonyl (C=O) groups is 3. The first-order chi connectivity index (χ1) is 12.9. The van der Waals surface area contributed by atoms with Crippen LogP contribution in [0, 0.1) is 17.7 Å². The molecule has 1 N–H and O–H groups in total. The third-order valence-electron chi connectivity index (χ3n) is 5.33. The van der Waals surface area contributed by atoms with Crippen LogP contribution in [0.1, 0.15) is 18.7 Å². The zero-order valence-corrected chi connectivity index (χ0v) is 14.6. The first kappa shape index (κ1) is 17.4. The van der Waals surface area contributed by atoms with Crippen molar-refractivity contribution < 1.29 is 27.9 Å². The molecule has 0 bridgehead atoms. The summed E-state index contributed by atoms with van der Waals surface area (Å²) in [6, 6.07) is 7.73. The highest BCUT2D eigenvalue weighted by Gasteiger charge is 2.67. The zero-order valence-electron chi connectivity index (χ0n) is 14.6. The van der Waals surface area contributed by atoms with Crippen molar-refractivity contribution in [1.82, 2.24) is 5.32 Å². The fourth-order valence-corrected chi connectivity index (χ4v) is 4.10. The first-order valence-electron chi connectivity index (χ1n) is 8.41. The number of amides is 2. The fourth-order valence-electron chi connectivity index (χ4n) is 4.10. The Morgan fingerprint density at radius 2 is 1.93 bits per heavy atom. The van der Waals surface area contributed by atoms with Gasteiger partial charge in [-0.25, -0.2) is 9.29 Å². The third-order valence-corrected chi connectivity index (χ3v) is 5.33. The second-order valence-corrected chi connectivity index (χ2v) is 6.82. The van der Waals surface area contributed by atoms with Gasteiger partial charge in [-0.15, -0.1) is 0 Å². The Balaban J connectivity index is 1.81. The number of esters is 1. The minimum Gasteiger partial charge on any atom is -0.468 e. The smallest absolute Gasteiger partial charge is 0.326 e. The summed E-state index contributed by atoms with van der Waals surface area (Å²) in [5, 5.41) is 3.07. The van der Waals surface area contributed by atoms with E-state index in [1.165, 1.54) is 37.6 Å². The number of ether oxygens (including phenoxy) is 1. The summed E-state index contributed by atoms with van der Waals surface area (Å²) in [5.74, 6) is -3.51. The minimum atomic E-state index is -1.40. The van der Waals surface area contributed by atoms with Gasteiger partial charge in [-0.1, -0.05) is 0 Å². The van der Waals surface area contributed by atoms with Gasteiger partial charge in [0.2, 0.25) is 11.8 Å². The standard InChI is InChI=1S/C19H17FN2O5/c1-19(18(25)26-2)14-13(15(21-19)12-4-3-9-27-12)16(23)22(17(14)24)11-7-5-10(20)6-8-11/h3-9,13-15,21H,1-2H3/t13-,14-,15-,19+/m0/s1. The van der Waals surface area contributed by atoms with Crippen molar-refractivity contribution in [3.05, 3.63) is 54.2 Å². The molecule has 2 aliphatic heterocycles. The lowest BCUT2D eigenvalue weighted by Crippen LogP contribution is -2.54. The fraction of sp³-hybridized carbons (Fsp3) is 0.316. The van der Waals surface area contributed by atoms with Crippen LogP contribution in [0.15, 0.2) is 47.1 Å². The van der Waals surface area contributed by atoms with E-state index in [9.17, 15) is 18.8 Å². The molecular weight excluding hydrogens is 355 g/mol. The van der Waals surface area contributed by atoms with Gasteiger partial charge in [0.05, 0.1) is 36.9 Å². The second-order valence-electron chi connectivity index (χ2n) is 6.82. The molecule has 8 heteroatoms. The maximum atomic E-state index is 13.2. The Bertz CT molecular complexity index is 911. The molecule has 4 atom stereocenters. The Morgan fingerprint density at radius 1 is 1.22 bits per heavy atom. The largest absolute Gasteiger partial charge is 0.468 e. The van der Waals surface area contributed by atoms with E-state index in [0.717, 1.165) is 4.90 Å². The van der Waals surface area contributed by atoms with Crippen LogP contribution in [0.25, 0.3) is 0 Å². The highest BCUT2D eigenvalue weighted by atomic mass is 19.1. The van der Waals surface area contributed by atoms with Gasteiger partial charge >= 0.3 is 5.97 Å². The molecule has 0 radical (unpaired) electrons. The Labute approximate surface area is 154 Å². The Kier molecular flexibility index (Phi) is 3.88. The quantitative estimate of drug-likeness (QED) is 0.653. The molecule has 140 valence electrons. The Hall–Kier alpha value is -3.00. The van der Waals surface area contributed by atoms with Crippen LogP contribution < -0.4 is 10.2 Å². The average molecular weight is 372 g/mol. The van der Waals surface area contributed by atoms with Gasteiger partial charge in [0, 0.05) is 0 Å². The van der Waals surface area contributed by atoms with Crippen molar-refractivity contribution in [1.29, 1.82) is 0 Å². The molecule has 0 aliphatic carbocycles. The molecule has 1 aromatic carbocycles. The maximum absolute atomic E-state index is 13.2. The maximum Gasteiger partial charge on any atom is 0.326 e. The number of fused-ring (bicyclic) bond motifs is 1. The number of nitrogens with one attached hydrogen (secondary N) is 1. The van der Waals surface area contributed by atoms with Gasteiger partial charge in [-0.2, -0.15) is 0 Å². The predicted molar refractivity (Wildman–Crippen MR) is 90.9 cm³/mol. The van der Waals surface area contributed by atoms with E-state index in [4.69, 9.17) is 9.15 Å². The number of imide groups is 1. The Morgan fingerprint density at radius 3 is 2.52 bits per heavy atom.